The van der Waals surface area contributed by atoms with E-state index in [4.69, 9.17) is 10.5 Å². The van der Waals surface area contributed by atoms with Crippen LogP contribution in [-0.2, 0) is 9.53 Å². The summed E-state index contributed by atoms with van der Waals surface area (Å²) in [4.78, 5) is 12.0. The van der Waals surface area contributed by atoms with Crippen LogP contribution < -0.4 is 11.1 Å². The van der Waals surface area contributed by atoms with E-state index in [1.54, 1.807) is 0 Å². The number of aryl methyl sites for hydroxylation is 1. The minimum Gasteiger partial charge on any atom is -0.364 e. The van der Waals surface area contributed by atoms with E-state index >= 15 is 0 Å². The average Bonchev–Trinajstić information content (AvgIpc) is 2.82. The summed E-state index contributed by atoms with van der Waals surface area (Å²) >= 11 is 2.26. The van der Waals surface area contributed by atoms with Crippen LogP contribution in [0.25, 0.3) is 0 Å². The van der Waals surface area contributed by atoms with E-state index in [1.807, 2.05) is 25.1 Å². The first kappa shape index (κ1) is 16.7. The first-order valence-electron chi connectivity index (χ1n) is 6.02. The lowest BCUT2D eigenvalue weighted by molar-refractivity contribution is -0.126. The van der Waals surface area contributed by atoms with Gasteiger partial charge in [-0.25, -0.2) is 0 Å². The van der Waals surface area contributed by atoms with Gasteiger partial charge in [-0.1, -0.05) is 6.07 Å². The normalized spacial score (nSPS) is 21.8. The van der Waals surface area contributed by atoms with Crippen molar-refractivity contribution in [1.82, 2.24) is 0 Å². The number of benzene rings is 1. The van der Waals surface area contributed by atoms with Gasteiger partial charge in [0.25, 0.3) is 5.91 Å². The zero-order valence-corrected chi connectivity index (χ0v) is 13.7. The fourth-order valence-corrected chi connectivity index (χ4v) is 2.48. The monoisotopic (exact) mass is 396 g/mol. The van der Waals surface area contributed by atoms with Crippen molar-refractivity contribution in [3.8, 4) is 0 Å². The summed E-state index contributed by atoms with van der Waals surface area (Å²) in [5.74, 6) is -0.0781. The highest BCUT2D eigenvalue weighted by Gasteiger charge is 2.29. The molecule has 1 aromatic carbocycles. The molecule has 1 saturated heterocycles. The molecule has 0 saturated carbocycles. The molecule has 0 aliphatic carbocycles. The van der Waals surface area contributed by atoms with Gasteiger partial charge in [0.2, 0.25) is 0 Å². The smallest absolute Gasteiger partial charge is 0.253 e. The van der Waals surface area contributed by atoms with Gasteiger partial charge in [0, 0.05) is 15.8 Å². The van der Waals surface area contributed by atoms with Gasteiger partial charge in [-0.2, -0.15) is 0 Å². The molecule has 2 rings (SSSR count). The molecule has 0 spiro atoms. The van der Waals surface area contributed by atoms with Crippen LogP contribution in [0.2, 0.25) is 0 Å². The lowest BCUT2D eigenvalue weighted by Crippen LogP contribution is -2.29. The van der Waals surface area contributed by atoms with Crippen LogP contribution >= 0.6 is 35.0 Å². The Hall–Kier alpha value is -0.370. The Labute approximate surface area is 133 Å². The molecular formula is C13H18ClIN2O2. The lowest BCUT2D eigenvalue weighted by Gasteiger charge is -2.13. The van der Waals surface area contributed by atoms with Crippen LogP contribution in [-0.4, -0.2) is 24.7 Å². The molecule has 3 N–H and O–H groups in total. The molecular weight excluding hydrogens is 379 g/mol. The Bertz CT molecular complexity index is 456. The number of carbonyl (C=O) groups excluding carboxylic acids is 1. The molecule has 1 amide bonds. The maximum atomic E-state index is 12.0. The molecule has 1 aliphatic rings. The summed E-state index contributed by atoms with van der Waals surface area (Å²) in [6.07, 6.45) is 1.27. The van der Waals surface area contributed by atoms with Crippen LogP contribution in [0.1, 0.15) is 18.4 Å². The van der Waals surface area contributed by atoms with Crippen LogP contribution in [0.5, 0.6) is 0 Å². The molecule has 19 heavy (non-hydrogen) atoms. The Morgan fingerprint density at radius 2 is 2.26 bits per heavy atom. The highest BCUT2D eigenvalue weighted by molar-refractivity contribution is 14.1. The van der Waals surface area contributed by atoms with Gasteiger partial charge in [0.15, 0.2) is 0 Å². The number of anilines is 1. The fraction of sp³-hybridized carbons (Fsp3) is 0.462. The second-order valence-corrected chi connectivity index (χ2v) is 5.68. The number of rotatable bonds is 3. The van der Waals surface area contributed by atoms with E-state index in [0.717, 1.165) is 22.1 Å². The quantitative estimate of drug-likeness (QED) is 0.772. The SMILES string of the molecule is Cc1ccc(NC(=O)[C@@H]2CC[C@H](CN)O2)cc1I.Cl. The summed E-state index contributed by atoms with van der Waals surface area (Å²) in [7, 11) is 0. The largest absolute Gasteiger partial charge is 0.364 e. The van der Waals surface area contributed by atoms with Crippen molar-refractivity contribution >= 4 is 46.6 Å². The molecule has 1 fully saturated rings. The third kappa shape index (κ3) is 4.30. The van der Waals surface area contributed by atoms with E-state index in [2.05, 4.69) is 27.9 Å². The number of halogens is 2. The van der Waals surface area contributed by atoms with Crippen molar-refractivity contribution in [3.05, 3.63) is 27.3 Å². The summed E-state index contributed by atoms with van der Waals surface area (Å²) in [6.45, 7) is 2.52. The summed E-state index contributed by atoms with van der Waals surface area (Å²) in [5.41, 5.74) is 7.54. The number of hydrogen-bond acceptors (Lipinski definition) is 3. The molecule has 0 radical (unpaired) electrons. The lowest BCUT2D eigenvalue weighted by atomic mass is 10.2. The molecule has 1 aliphatic heterocycles. The molecule has 106 valence electrons. The van der Waals surface area contributed by atoms with E-state index in [9.17, 15) is 4.79 Å². The second-order valence-electron chi connectivity index (χ2n) is 4.51. The van der Waals surface area contributed by atoms with Gasteiger partial charge >= 0.3 is 0 Å². The Kier molecular flexibility index (Phi) is 6.52. The predicted octanol–water partition coefficient (Wildman–Crippen LogP) is 2.47. The number of carbonyl (C=O) groups is 1. The summed E-state index contributed by atoms with van der Waals surface area (Å²) < 4.78 is 6.70. The highest BCUT2D eigenvalue weighted by atomic mass is 127. The maximum absolute atomic E-state index is 12.0. The van der Waals surface area contributed by atoms with Gasteiger partial charge in [-0.05, 0) is 60.1 Å². The number of ether oxygens (including phenoxy) is 1. The predicted molar refractivity (Wildman–Crippen MR) is 86.7 cm³/mol. The van der Waals surface area contributed by atoms with E-state index < -0.39 is 0 Å². The number of nitrogens with two attached hydrogens (primary N) is 1. The highest BCUT2D eigenvalue weighted by Crippen LogP contribution is 2.22. The van der Waals surface area contributed by atoms with Gasteiger partial charge in [0.05, 0.1) is 6.10 Å². The minimum absolute atomic E-state index is 0. The van der Waals surface area contributed by atoms with Gasteiger partial charge in [0.1, 0.15) is 6.10 Å². The molecule has 1 heterocycles. The third-order valence-corrected chi connectivity index (χ3v) is 4.26. The second kappa shape index (κ2) is 7.42. The zero-order chi connectivity index (χ0) is 13.1. The van der Waals surface area contributed by atoms with Crippen LogP contribution in [0.4, 0.5) is 5.69 Å². The molecule has 6 heteroatoms. The van der Waals surface area contributed by atoms with Gasteiger partial charge < -0.3 is 15.8 Å². The molecule has 2 atom stereocenters. The van der Waals surface area contributed by atoms with Crippen LogP contribution in [0.15, 0.2) is 18.2 Å². The van der Waals surface area contributed by atoms with Crippen molar-refractivity contribution in [2.45, 2.75) is 32.0 Å². The third-order valence-electron chi connectivity index (χ3n) is 3.10. The topological polar surface area (TPSA) is 64.4 Å². The van der Waals surface area contributed by atoms with Gasteiger partial charge in [-0.3, -0.25) is 4.79 Å². The van der Waals surface area contributed by atoms with E-state index in [0.29, 0.717) is 6.54 Å². The van der Waals surface area contributed by atoms with Crippen molar-refractivity contribution < 1.29 is 9.53 Å². The first-order valence-corrected chi connectivity index (χ1v) is 7.10. The number of amides is 1. The molecule has 0 unspecified atom stereocenters. The summed E-state index contributed by atoms with van der Waals surface area (Å²) in [5, 5.41) is 2.89. The average molecular weight is 397 g/mol. The van der Waals surface area contributed by atoms with Crippen LogP contribution in [0.3, 0.4) is 0 Å². The Morgan fingerprint density at radius 3 is 2.84 bits per heavy atom. The van der Waals surface area contributed by atoms with Crippen molar-refractivity contribution in [3.63, 3.8) is 0 Å². The minimum atomic E-state index is -0.363. The van der Waals surface area contributed by atoms with Crippen molar-refractivity contribution in [1.29, 1.82) is 0 Å². The number of nitrogens with one attached hydrogen (secondary N) is 1. The Morgan fingerprint density at radius 1 is 1.53 bits per heavy atom. The molecule has 4 nitrogen and oxygen atoms in total. The van der Waals surface area contributed by atoms with Crippen molar-refractivity contribution in [2.75, 3.05) is 11.9 Å². The van der Waals surface area contributed by atoms with E-state index in [1.165, 1.54) is 5.56 Å². The molecule has 0 aromatic heterocycles. The zero-order valence-electron chi connectivity index (χ0n) is 10.7. The fourth-order valence-electron chi connectivity index (χ4n) is 1.97. The van der Waals surface area contributed by atoms with E-state index in [-0.39, 0.29) is 30.5 Å². The molecule has 1 aromatic rings. The Balaban J connectivity index is 0.00000180. The van der Waals surface area contributed by atoms with Crippen molar-refractivity contribution in [2.24, 2.45) is 5.73 Å². The van der Waals surface area contributed by atoms with Crippen LogP contribution in [0, 0.1) is 10.5 Å². The van der Waals surface area contributed by atoms with Gasteiger partial charge in [-0.15, -0.1) is 12.4 Å². The first-order chi connectivity index (χ1) is 8.60. The standard InChI is InChI=1S/C13H17IN2O2.ClH/c1-8-2-3-9(6-11(8)14)16-13(17)12-5-4-10(7-15)18-12;/h2-3,6,10,12H,4-5,7,15H2,1H3,(H,16,17);1H/t10-,12+;/m1./s1. The number of hydrogen-bond donors (Lipinski definition) is 2. The molecule has 0 bridgehead atoms. The summed E-state index contributed by atoms with van der Waals surface area (Å²) in [6, 6.07) is 5.86. The maximum Gasteiger partial charge on any atom is 0.253 e.